The predicted molar refractivity (Wildman–Crippen MR) is 46.1 cm³/mol. The SMILES string of the molecule is CC(C)=CC(C)(CO)NC(=O)O. The van der Waals surface area contributed by atoms with Crippen LogP contribution >= 0.6 is 0 Å². The van der Waals surface area contributed by atoms with Crippen LogP contribution in [0.25, 0.3) is 0 Å². The lowest BCUT2D eigenvalue weighted by Crippen LogP contribution is -2.46. The van der Waals surface area contributed by atoms with Crippen molar-refractivity contribution >= 4 is 6.09 Å². The standard InChI is InChI=1S/C8H15NO3/c1-6(2)4-8(3,5-10)9-7(11)12/h4,9-10H,5H2,1-3H3,(H,11,12). The molecular weight excluding hydrogens is 158 g/mol. The first kappa shape index (κ1) is 11.0. The number of allylic oxidation sites excluding steroid dienone is 1. The summed E-state index contributed by atoms with van der Waals surface area (Å²) in [6, 6.07) is 0. The lowest BCUT2D eigenvalue weighted by Gasteiger charge is -2.23. The third-order valence-electron chi connectivity index (χ3n) is 1.33. The van der Waals surface area contributed by atoms with Crippen molar-refractivity contribution < 1.29 is 15.0 Å². The average Bonchev–Trinajstić information content (AvgIpc) is 1.83. The van der Waals surface area contributed by atoms with Crippen LogP contribution in [0.5, 0.6) is 0 Å². The molecule has 0 bridgehead atoms. The number of rotatable bonds is 3. The van der Waals surface area contributed by atoms with Crippen molar-refractivity contribution in [3.8, 4) is 0 Å². The van der Waals surface area contributed by atoms with Gasteiger partial charge in [-0.25, -0.2) is 4.79 Å². The summed E-state index contributed by atoms with van der Waals surface area (Å²) in [5, 5.41) is 19.6. The Kier molecular flexibility index (Phi) is 3.76. The number of aliphatic hydroxyl groups is 1. The third kappa shape index (κ3) is 3.98. The second-order valence-electron chi connectivity index (χ2n) is 3.23. The molecule has 0 aliphatic carbocycles. The van der Waals surface area contributed by atoms with Crippen molar-refractivity contribution in [2.24, 2.45) is 0 Å². The Bertz CT molecular complexity index is 196. The van der Waals surface area contributed by atoms with Gasteiger partial charge in [-0.3, -0.25) is 0 Å². The first-order chi connectivity index (χ1) is 5.39. The number of carboxylic acid groups (broad SMARTS) is 1. The summed E-state index contributed by atoms with van der Waals surface area (Å²) in [5.74, 6) is 0. The van der Waals surface area contributed by atoms with Crippen molar-refractivity contribution in [2.75, 3.05) is 6.61 Å². The maximum Gasteiger partial charge on any atom is 0.405 e. The summed E-state index contributed by atoms with van der Waals surface area (Å²) in [6.07, 6.45) is 0.547. The van der Waals surface area contributed by atoms with Crippen LogP contribution in [0.3, 0.4) is 0 Å². The van der Waals surface area contributed by atoms with Crippen LogP contribution < -0.4 is 5.32 Å². The van der Waals surface area contributed by atoms with Gasteiger partial charge in [0.1, 0.15) is 0 Å². The number of hydrogen-bond acceptors (Lipinski definition) is 2. The van der Waals surface area contributed by atoms with Gasteiger partial charge in [-0.15, -0.1) is 0 Å². The molecule has 1 atom stereocenters. The molecule has 0 saturated heterocycles. The molecule has 0 aliphatic heterocycles. The Labute approximate surface area is 71.9 Å². The number of carbonyl (C=O) groups is 1. The molecule has 0 radical (unpaired) electrons. The van der Waals surface area contributed by atoms with Gasteiger partial charge < -0.3 is 15.5 Å². The molecular formula is C8H15NO3. The summed E-state index contributed by atoms with van der Waals surface area (Å²) < 4.78 is 0. The fourth-order valence-electron chi connectivity index (χ4n) is 1.00. The molecule has 70 valence electrons. The maximum atomic E-state index is 10.3. The normalized spacial score (nSPS) is 14.7. The molecule has 4 nitrogen and oxygen atoms in total. The van der Waals surface area contributed by atoms with E-state index in [0.717, 1.165) is 5.57 Å². The quantitative estimate of drug-likeness (QED) is 0.557. The monoisotopic (exact) mass is 173 g/mol. The summed E-state index contributed by atoms with van der Waals surface area (Å²) in [4.78, 5) is 10.3. The Morgan fingerprint density at radius 1 is 1.58 bits per heavy atom. The molecule has 0 heterocycles. The average molecular weight is 173 g/mol. The Morgan fingerprint density at radius 2 is 2.08 bits per heavy atom. The highest BCUT2D eigenvalue weighted by atomic mass is 16.4. The summed E-state index contributed by atoms with van der Waals surface area (Å²) in [6.45, 7) is 5.06. The molecule has 12 heavy (non-hydrogen) atoms. The zero-order chi connectivity index (χ0) is 9.78. The van der Waals surface area contributed by atoms with Gasteiger partial charge in [0.05, 0.1) is 12.1 Å². The van der Waals surface area contributed by atoms with Gasteiger partial charge in [-0.05, 0) is 20.8 Å². The van der Waals surface area contributed by atoms with Gasteiger partial charge in [-0.1, -0.05) is 11.6 Å². The molecule has 3 N–H and O–H groups in total. The van der Waals surface area contributed by atoms with E-state index in [1.165, 1.54) is 0 Å². The minimum atomic E-state index is -1.14. The largest absolute Gasteiger partial charge is 0.465 e. The second-order valence-corrected chi connectivity index (χ2v) is 3.23. The van der Waals surface area contributed by atoms with Crippen molar-refractivity contribution in [3.63, 3.8) is 0 Å². The lowest BCUT2D eigenvalue weighted by molar-refractivity contribution is 0.164. The molecule has 0 saturated carbocycles. The third-order valence-corrected chi connectivity index (χ3v) is 1.33. The molecule has 4 heteroatoms. The molecule has 0 spiro atoms. The zero-order valence-corrected chi connectivity index (χ0v) is 7.59. The number of aliphatic hydroxyl groups excluding tert-OH is 1. The van der Waals surface area contributed by atoms with Crippen molar-refractivity contribution in [2.45, 2.75) is 26.3 Å². The smallest absolute Gasteiger partial charge is 0.405 e. The van der Waals surface area contributed by atoms with E-state index >= 15 is 0 Å². The van der Waals surface area contributed by atoms with Gasteiger partial charge in [0.2, 0.25) is 0 Å². The van der Waals surface area contributed by atoms with E-state index in [4.69, 9.17) is 10.2 Å². The van der Waals surface area contributed by atoms with Crippen LogP contribution in [0.1, 0.15) is 20.8 Å². The van der Waals surface area contributed by atoms with Crippen LogP contribution in [0.2, 0.25) is 0 Å². The van der Waals surface area contributed by atoms with Crippen LogP contribution in [-0.2, 0) is 0 Å². The minimum Gasteiger partial charge on any atom is -0.465 e. The molecule has 0 rings (SSSR count). The molecule has 0 aromatic rings. The molecule has 1 unspecified atom stereocenters. The summed E-state index contributed by atoms with van der Waals surface area (Å²) >= 11 is 0. The van der Waals surface area contributed by atoms with Crippen LogP contribution in [-0.4, -0.2) is 28.5 Å². The van der Waals surface area contributed by atoms with Crippen LogP contribution in [0.4, 0.5) is 4.79 Å². The van der Waals surface area contributed by atoms with Crippen molar-refractivity contribution in [3.05, 3.63) is 11.6 Å². The highest BCUT2D eigenvalue weighted by Gasteiger charge is 2.21. The van der Waals surface area contributed by atoms with E-state index in [1.807, 2.05) is 13.8 Å². The molecule has 0 fully saturated rings. The first-order valence-corrected chi connectivity index (χ1v) is 3.67. The second kappa shape index (κ2) is 4.11. The van der Waals surface area contributed by atoms with Gasteiger partial charge in [0.25, 0.3) is 0 Å². The highest BCUT2D eigenvalue weighted by molar-refractivity contribution is 5.66. The van der Waals surface area contributed by atoms with E-state index in [9.17, 15) is 4.79 Å². The molecule has 0 aliphatic rings. The summed E-state index contributed by atoms with van der Waals surface area (Å²) in [5.41, 5.74) is 0.0882. The van der Waals surface area contributed by atoms with Gasteiger partial charge >= 0.3 is 6.09 Å². The Hall–Kier alpha value is -1.03. The predicted octanol–water partition coefficient (Wildman–Crippen LogP) is 0.971. The van der Waals surface area contributed by atoms with Crippen molar-refractivity contribution in [1.82, 2.24) is 5.32 Å². The Balaban J connectivity index is 4.45. The first-order valence-electron chi connectivity index (χ1n) is 3.67. The number of hydrogen-bond donors (Lipinski definition) is 3. The minimum absolute atomic E-state index is 0.246. The molecule has 0 aromatic heterocycles. The van der Waals surface area contributed by atoms with E-state index < -0.39 is 11.6 Å². The van der Waals surface area contributed by atoms with E-state index in [1.54, 1.807) is 13.0 Å². The fourth-order valence-corrected chi connectivity index (χ4v) is 1.00. The fraction of sp³-hybridized carbons (Fsp3) is 0.625. The van der Waals surface area contributed by atoms with E-state index in [2.05, 4.69) is 5.32 Å². The topological polar surface area (TPSA) is 69.6 Å². The summed E-state index contributed by atoms with van der Waals surface area (Å²) in [7, 11) is 0. The molecule has 1 amide bonds. The van der Waals surface area contributed by atoms with Crippen molar-refractivity contribution in [1.29, 1.82) is 0 Å². The zero-order valence-electron chi connectivity index (χ0n) is 7.59. The van der Waals surface area contributed by atoms with Crippen LogP contribution in [0.15, 0.2) is 11.6 Å². The molecule has 0 aromatic carbocycles. The highest BCUT2D eigenvalue weighted by Crippen LogP contribution is 2.07. The van der Waals surface area contributed by atoms with Gasteiger partial charge in [-0.2, -0.15) is 0 Å². The van der Waals surface area contributed by atoms with E-state index in [-0.39, 0.29) is 6.61 Å². The number of nitrogens with one attached hydrogen (secondary N) is 1. The van der Waals surface area contributed by atoms with Gasteiger partial charge in [0, 0.05) is 0 Å². The number of amides is 1. The van der Waals surface area contributed by atoms with Crippen LogP contribution in [0, 0.1) is 0 Å². The van der Waals surface area contributed by atoms with Gasteiger partial charge in [0.15, 0.2) is 0 Å². The lowest BCUT2D eigenvalue weighted by atomic mass is 10.0. The van der Waals surface area contributed by atoms with E-state index in [0.29, 0.717) is 0 Å². The maximum absolute atomic E-state index is 10.3. The Morgan fingerprint density at radius 3 is 2.33 bits per heavy atom.